The van der Waals surface area contributed by atoms with Crippen molar-refractivity contribution in [2.75, 3.05) is 0 Å². The second-order valence-electron chi connectivity index (χ2n) is 5.94. The van der Waals surface area contributed by atoms with Crippen LogP contribution < -0.4 is 5.32 Å². The molecular weight excluding hydrogens is 302 g/mol. The Morgan fingerprint density at radius 1 is 1.24 bits per heavy atom. The molecule has 0 aromatic carbocycles. The topological polar surface area (TPSA) is 25.2 Å². The highest BCUT2D eigenvalue weighted by Crippen LogP contribution is 2.33. The van der Waals surface area contributed by atoms with Crippen molar-refractivity contribution in [2.45, 2.75) is 51.1 Å². The highest BCUT2D eigenvalue weighted by molar-refractivity contribution is 7.16. The van der Waals surface area contributed by atoms with Gasteiger partial charge in [0, 0.05) is 10.9 Å². The summed E-state index contributed by atoms with van der Waals surface area (Å²) in [6.07, 6.45) is 8.55. The Kier molecular flexibility index (Phi) is 5.04. The molecule has 114 valence electrons. The van der Waals surface area contributed by atoms with E-state index in [-0.39, 0.29) is 6.04 Å². The molecule has 0 amide bonds. The van der Waals surface area contributed by atoms with Crippen LogP contribution >= 0.6 is 22.9 Å². The first-order valence-corrected chi connectivity index (χ1v) is 8.98. The van der Waals surface area contributed by atoms with Gasteiger partial charge in [0.15, 0.2) is 0 Å². The Labute approximate surface area is 135 Å². The van der Waals surface area contributed by atoms with E-state index in [9.17, 15) is 0 Å². The second-order valence-corrected chi connectivity index (χ2v) is 7.69. The van der Waals surface area contributed by atoms with Gasteiger partial charge in [0.05, 0.1) is 10.6 Å². The zero-order valence-corrected chi connectivity index (χ0v) is 13.9. The lowest BCUT2D eigenvalue weighted by molar-refractivity contribution is 0.265. The number of halogens is 1. The van der Waals surface area contributed by atoms with Gasteiger partial charge >= 0.3 is 0 Å². The van der Waals surface area contributed by atoms with Gasteiger partial charge in [-0.3, -0.25) is 0 Å². The van der Waals surface area contributed by atoms with Crippen LogP contribution in [0.3, 0.4) is 0 Å². The fraction of sp³-hybridized carbons (Fsp3) is 0.529. The molecule has 2 heterocycles. The highest BCUT2D eigenvalue weighted by atomic mass is 35.5. The molecule has 0 bridgehead atoms. The van der Waals surface area contributed by atoms with Crippen molar-refractivity contribution in [1.82, 2.24) is 5.32 Å². The van der Waals surface area contributed by atoms with Gasteiger partial charge in [0.25, 0.3) is 0 Å². The maximum absolute atomic E-state index is 6.11. The van der Waals surface area contributed by atoms with Crippen LogP contribution in [0.1, 0.15) is 55.7 Å². The lowest BCUT2D eigenvalue weighted by atomic mass is 9.84. The summed E-state index contributed by atoms with van der Waals surface area (Å²) in [5.74, 6) is 1.74. The highest BCUT2D eigenvalue weighted by Gasteiger charge is 2.26. The van der Waals surface area contributed by atoms with Gasteiger partial charge < -0.3 is 9.73 Å². The van der Waals surface area contributed by atoms with E-state index in [1.165, 1.54) is 37.0 Å². The lowest BCUT2D eigenvalue weighted by Gasteiger charge is -2.31. The van der Waals surface area contributed by atoms with Gasteiger partial charge in [-0.25, -0.2) is 0 Å². The Balaban J connectivity index is 1.76. The summed E-state index contributed by atoms with van der Waals surface area (Å²) >= 11 is 7.74. The van der Waals surface area contributed by atoms with Crippen LogP contribution in [0.2, 0.25) is 4.34 Å². The van der Waals surface area contributed by atoms with E-state index in [0.717, 1.165) is 16.0 Å². The molecule has 2 aromatic rings. The van der Waals surface area contributed by atoms with Crippen molar-refractivity contribution in [3.05, 3.63) is 45.5 Å². The summed E-state index contributed by atoms with van der Waals surface area (Å²) in [4.78, 5) is 1.22. The van der Waals surface area contributed by atoms with Gasteiger partial charge in [0.1, 0.15) is 11.8 Å². The maximum Gasteiger partial charge on any atom is 0.126 e. The molecule has 4 heteroatoms. The minimum absolute atomic E-state index is 0.106. The van der Waals surface area contributed by atoms with Gasteiger partial charge in [-0.05, 0) is 49.9 Å². The number of hydrogen-bond acceptors (Lipinski definition) is 3. The summed E-state index contributed by atoms with van der Waals surface area (Å²) in [5, 5.41) is 3.78. The van der Waals surface area contributed by atoms with E-state index >= 15 is 0 Å². The lowest BCUT2D eigenvalue weighted by Crippen LogP contribution is -2.37. The summed E-state index contributed by atoms with van der Waals surface area (Å²) in [7, 11) is 0. The van der Waals surface area contributed by atoms with Gasteiger partial charge in [-0.1, -0.05) is 30.9 Å². The van der Waals surface area contributed by atoms with Crippen LogP contribution in [-0.4, -0.2) is 6.04 Å². The van der Waals surface area contributed by atoms with E-state index in [2.05, 4.69) is 18.3 Å². The minimum atomic E-state index is 0.106. The monoisotopic (exact) mass is 323 g/mol. The molecule has 1 saturated carbocycles. The predicted molar refractivity (Wildman–Crippen MR) is 89.1 cm³/mol. The summed E-state index contributed by atoms with van der Waals surface area (Å²) in [5.41, 5.74) is 0. The first-order chi connectivity index (χ1) is 10.2. The third-order valence-corrected chi connectivity index (χ3v) is 5.79. The smallest absolute Gasteiger partial charge is 0.126 e. The van der Waals surface area contributed by atoms with Crippen LogP contribution in [0.4, 0.5) is 0 Å². The van der Waals surface area contributed by atoms with Gasteiger partial charge in [0.2, 0.25) is 0 Å². The first kappa shape index (κ1) is 15.1. The molecule has 21 heavy (non-hydrogen) atoms. The molecule has 1 unspecified atom stereocenters. The molecule has 1 aliphatic rings. The van der Waals surface area contributed by atoms with E-state index in [4.69, 9.17) is 16.0 Å². The van der Waals surface area contributed by atoms with Crippen molar-refractivity contribution >= 4 is 22.9 Å². The number of thiophene rings is 1. The van der Waals surface area contributed by atoms with Crippen molar-refractivity contribution in [2.24, 2.45) is 5.92 Å². The van der Waals surface area contributed by atoms with Crippen molar-refractivity contribution in [1.29, 1.82) is 0 Å². The molecule has 1 fully saturated rings. The molecule has 2 nitrogen and oxygen atoms in total. The average Bonchev–Trinajstić information content (AvgIpc) is 3.17. The van der Waals surface area contributed by atoms with Crippen LogP contribution in [0.15, 0.2) is 34.9 Å². The molecule has 0 saturated heterocycles. The maximum atomic E-state index is 6.11. The number of hydrogen-bond donors (Lipinski definition) is 1. The molecule has 2 aromatic heterocycles. The van der Waals surface area contributed by atoms with E-state index in [0.29, 0.717) is 6.04 Å². The van der Waals surface area contributed by atoms with Gasteiger partial charge in [-0.15, -0.1) is 11.3 Å². The zero-order valence-electron chi connectivity index (χ0n) is 12.3. The molecule has 0 radical (unpaired) electrons. The molecule has 0 aliphatic heterocycles. The van der Waals surface area contributed by atoms with Crippen molar-refractivity contribution in [3.8, 4) is 0 Å². The Hall–Kier alpha value is -0.770. The molecule has 0 spiro atoms. The van der Waals surface area contributed by atoms with E-state index in [1.807, 2.05) is 18.2 Å². The second kappa shape index (κ2) is 6.99. The van der Waals surface area contributed by atoms with Crippen molar-refractivity contribution in [3.63, 3.8) is 0 Å². The minimum Gasteiger partial charge on any atom is -0.467 e. The largest absolute Gasteiger partial charge is 0.467 e. The molecule has 3 rings (SSSR count). The SMILES string of the molecule is C[C@@H](NC(c1ccco1)c1ccc(Cl)s1)C1CCCCC1. The van der Waals surface area contributed by atoms with Crippen LogP contribution in [0, 0.1) is 5.92 Å². The van der Waals surface area contributed by atoms with Crippen LogP contribution in [0.25, 0.3) is 0 Å². The van der Waals surface area contributed by atoms with Gasteiger partial charge in [-0.2, -0.15) is 0 Å². The first-order valence-electron chi connectivity index (χ1n) is 7.78. The van der Waals surface area contributed by atoms with Crippen molar-refractivity contribution < 1.29 is 4.42 Å². The number of rotatable bonds is 5. The number of nitrogens with one attached hydrogen (secondary N) is 1. The average molecular weight is 324 g/mol. The van der Waals surface area contributed by atoms with Crippen LogP contribution in [-0.2, 0) is 0 Å². The predicted octanol–water partition coefficient (Wildman–Crippen LogP) is 5.64. The summed E-state index contributed by atoms with van der Waals surface area (Å²) in [6.45, 7) is 2.31. The molecule has 1 aliphatic carbocycles. The third kappa shape index (κ3) is 3.71. The zero-order chi connectivity index (χ0) is 14.7. The fourth-order valence-electron chi connectivity index (χ4n) is 3.28. The summed E-state index contributed by atoms with van der Waals surface area (Å²) < 4.78 is 6.48. The fourth-order valence-corrected chi connectivity index (χ4v) is 4.41. The number of furan rings is 1. The third-order valence-electron chi connectivity index (χ3n) is 4.49. The molecular formula is C17H22ClNOS. The van der Waals surface area contributed by atoms with Crippen LogP contribution in [0.5, 0.6) is 0 Å². The Morgan fingerprint density at radius 3 is 2.67 bits per heavy atom. The normalized spacial score (nSPS) is 19.5. The molecule has 2 atom stereocenters. The van der Waals surface area contributed by atoms with E-state index in [1.54, 1.807) is 17.6 Å². The quantitative estimate of drug-likeness (QED) is 0.770. The Bertz CT molecular complexity index is 545. The Morgan fingerprint density at radius 2 is 2.05 bits per heavy atom. The summed E-state index contributed by atoms with van der Waals surface area (Å²) in [6, 6.07) is 8.64. The molecule has 1 N–H and O–H groups in total. The standard InChI is InChI=1S/C17H22ClNOS/c1-12(13-6-3-2-4-7-13)19-17(14-8-5-11-20-14)15-9-10-16(18)21-15/h5,8-13,17,19H,2-4,6-7H2,1H3/t12-,17?/m1/s1. The van der Waals surface area contributed by atoms with E-state index < -0.39 is 0 Å².